The topological polar surface area (TPSA) is 65.6 Å². The number of aromatic amines is 1. The summed E-state index contributed by atoms with van der Waals surface area (Å²) < 4.78 is 5.85. The van der Waals surface area contributed by atoms with Crippen molar-refractivity contribution in [3.05, 3.63) is 65.9 Å². The van der Waals surface area contributed by atoms with Gasteiger partial charge in [-0.2, -0.15) is 0 Å². The number of fused-ring (bicyclic) bond motifs is 1. The van der Waals surface area contributed by atoms with E-state index in [0.29, 0.717) is 12.5 Å². The zero-order chi connectivity index (χ0) is 19.3. The number of piperidine rings is 1. The van der Waals surface area contributed by atoms with E-state index in [1.54, 1.807) is 0 Å². The van der Waals surface area contributed by atoms with Crippen LogP contribution in [0.15, 0.2) is 54.7 Å². The average Bonchev–Trinajstić information content (AvgIpc) is 3.13. The van der Waals surface area contributed by atoms with E-state index in [9.17, 15) is 4.79 Å². The van der Waals surface area contributed by atoms with Crippen LogP contribution >= 0.6 is 0 Å². The molecule has 2 N–H and O–H groups in total. The average molecular weight is 378 g/mol. The van der Waals surface area contributed by atoms with Crippen LogP contribution in [-0.2, 0) is 11.2 Å². The number of H-pyrrole nitrogens is 1. The van der Waals surface area contributed by atoms with Crippen LogP contribution in [0.5, 0.6) is 5.75 Å². The Morgan fingerprint density at radius 3 is 2.79 bits per heavy atom. The van der Waals surface area contributed by atoms with E-state index >= 15 is 0 Å². The quantitative estimate of drug-likeness (QED) is 0.651. The monoisotopic (exact) mass is 378 g/mol. The Labute approximate surface area is 164 Å². The number of ether oxygens (including phenoxy) is 1. The van der Waals surface area contributed by atoms with Gasteiger partial charge in [-0.3, -0.25) is 9.69 Å². The fraction of sp³-hybridized carbons (Fsp3) is 0.348. The molecule has 0 aliphatic carbocycles. The van der Waals surface area contributed by atoms with Crippen LogP contribution in [0.4, 0.5) is 0 Å². The van der Waals surface area contributed by atoms with Crippen molar-refractivity contribution in [2.45, 2.75) is 25.2 Å². The molecule has 146 valence electrons. The van der Waals surface area contributed by atoms with Gasteiger partial charge in [0, 0.05) is 23.6 Å². The van der Waals surface area contributed by atoms with Crippen molar-refractivity contribution in [3.8, 4) is 5.75 Å². The summed E-state index contributed by atoms with van der Waals surface area (Å²) in [6.45, 7) is 3.66. The SMILES string of the molecule is O=C(O)Cc1cccc(OCCN2CCC(c3c[nH]c4ccccc34)CC2)c1. The summed E-state index contributed by atoms with van der Waals surface area (Å²) in [5.74, 6) is 0.531. The lowest BCUT2D eigenvalue weighted by molar-refractivity contribution is -0.136. The number of para-hydroxylation sites is 1. The minimum atomic E-state index is -0.824. The number of carbonyl (C=O) groups is 1. The molecule has 0 atom stereocenters. The van der Waals surface area contributed by atoms with Gasteiger partial charge in [0.25, 0.3) is 0 Å². The van der Waals surface area contributed by atoms with Crippen LogP contribution in [0.2, 0.25) is 0 Å². The number of carboxylic acids is 1. The molecule has 28 heavy (non-hydrogen) atoms. The lowest BCUT2D eigenvalue weighted by atomic mass is 9.89. The second-order valence-corrected chi connectivity index (χ2v) is 7.47. The van der Waals surface area contributed by atoms with Gasteiger partial charge in [-0.05, 0) is 61.2 Å². The fourth-order valence-corrected chi connectivity index (χ4v) is 4.11. The van der Waals surface area contributed by atoms with E-state index in [0.717, 1.165) is 43.8 Å². The van der Waals surface area contributed by atoms with E-state index in [1.165, 1.54) is 16.5 Å². The Balaban J connectivity index is 1.25. The van der Waals surface area contributed by atoms with Crippen LogP contribution in [-0.4, -0.2) is 47.2 Å². The zero-order valence-corrected chi connectivity index (χ0v) is 15.9. The van der Waals surface area contributed by atoms with Gasteiger partial charge < -0.3 is 14.8 Å². The van der Waals surface area contributed by atoms with Crippen molar-refractivity contribution in [2.75, 3.05) is 26.2 Å². The smallest absolute Gasteiger partial charge is 0.307 e. The van der Waals surface area contributed by atoms with Crippen LogP contribution < -0.4 is 4.74 Å². The maximum Gasteiger partial charge on any atom is 0.307 e. The normalized spacial score (nSPS) is 15.7. The highest BCUT2D eigenvalue weighted by Gasteiger charge is 2.22. The van der Waals surface area contributed by atoms with Gasteiger partial charge >= 0.3 is 5.97 Å². The molecule has 1 aromatic heterocycles. The molecule has 5 nitrogen and oxygen atoms in total. The lowest BCUT2D eigenvalue weighted by Gasteiger charge is -2.31. The van der Waals surface area contributed by atoms with E-state index in [2.05, 4.69) is 40.3 Å². The van der Waals surface area contributed by atoms with Crippen molar-refractivity contribution in [2.24, 2.45) is 0 Å². The third kappa shape index (κ3) is 4.37. The Kier molecular flexibility index (Phi) is 5.63. The van der Waals surface area contributed by atoms with Crippen LogP contribution in [0.3, 0.4) is 0 Å². The number of aliphatic carboxylic acids is 1. The molecule has 1 saturated heterocycles. The Hall–Kier alpha value is -2.79. The lowest BCUT2D eigenvalue weighted by Crippen LogP contribution is -2.35. The highest BCUT2D eigenvalue weighted by molar-refractivity contribution is 5.83. The number of aromatic nitrogens is 1. The molecule has 1 fully saturated rings. The van der Waals surface area contributed by atoms with Gasteiger partial charge in [-0.1, -0.05) is 30.3 Å². The van der Waals surface area contributed by atoms with Crippen molar-refractivity contribution in [1.82, 2.24) is 9.88 Å². The molecule has 2 heterocycles. The van der Waals surface area contributed by atoms with Gasteiger partial charge in [0.1, 0.15) is 12.4 Å². The van der Waals surface area contributed by atoms with Gasteiger partial charge in [-0.15, -0.1) is 0 Å². The first-order valence-electron chi connectivity index (χ1n) is 9.91. The number of hydrogen-bond donors (Lipinski definition) is 2. The summed E-state index contributed by atoms with van der Waals surface area (Å²) in [6, 6.07) is 15.9. The molecule has 1 aliphatic rings. The minimum absolute atomic E-state index is 0.0263. The third-order valence-corrected chi connectivity index (χ3v) is 5.58. The standard InChI is InChI=1S/C23H26N2O3/c26-23(27)15-17-4-3-5-19(14-17)28-13-12-25-10-8-18(9-11-25)21-16-24-22-7-2-1-6-20(21)22/h1-7,14,16,18,24H,8-13,15H2,(H,26,27). The van der Waals surface area contributed by atoms with Gasteiger partial charge in [0.2, 0.25) is 0 Å². The first-order valence-corrected chi connectivity index (χ1v) is 9.91. The number of nitrogens with zero attached hydrogens (tertiary/aromatic N) is 1. The summed E-state index contributed by atoms with van der Waals surface area (Å²) >= 11 is 0. The summed E-state index contributed by atoms with van der Waals surface area (Å²) in [6.07, 6.45) is 4.53. The molecule has 2 aromatic carbocycles. The van der Waals surface area contributed by atoms with Gasteiger partial charge in [-0.25, -0.2) is 0 Å². The van der Waals surface area contributed by atoms with Gasteiger partial charge in [0.05, 0.1) is 6.42 Å². The molecule has 0 bridgehead atoms. The molecule has 0 spiro atoms. The molecule has 0 saturated carbocycles. The van der Waals surface area contributed by atoms with Crippen molar-refractivity contribution in [1.29, 1.82) is 0 Å². The zero-order valence-electron chi connectivity index (χ0n) is 15.9. The van der Waals surface area contributed by atoms with Crippen LogP contribution in [0.25, 0.3) is 10.9 Å². The van der Waals surface area contributed by atoms with Crippen molar-refractivity contribution in [3.63, 3.8) is 0 Å². The molecule has 0 radical (unpaired) electrons. The molecule has 5 heteroatoms. The summed E-state index contributed by atoms with van der Waals surface area (Å²) in [7, 11) is 0. The Morgan fingerprint density at radius 1 is 1.14 bits per heavy atom. The highest BCUT2D eigenvalue weighted by Crippen LogP contribution is 2.32. The van der Waals surface area contributed by atoms with E-state index in [1.807, 2.05) is 24.3 Å². The Bertz CT molecular complexity index is 942. The second-order valence-electron chi connectivity index (χ2n) is 7.47. The number of hydrogen-bond acceptors (Lipinski definition) is 3. The summed E-state index contributed by atoms with van der Waals surface area (Å²) in [4.78, 5) is 16.7. The maximum absolute atomic E-state index is 10.8. The molecular weight excluding hydrogens is 352 g/mol. The summed E-state index contributed by atoms with van der Waals surface area (Å²) in [5.41, 5.74) is 3.43. The van der Waals surface area contributed by atoms with E-state index < -0.39 is 5.97 Å². The molecule has 1 aliphatic heterocycles. The first-order chi connectivity index (χ1) is 13.7. The highest BCUT2D eigenvalue weighted by atomic mass is 16.5. The molecule has 0 unspecified atom stereocenters. The molecular formula is C23H26N2O3. The minimum Gasteiger partial charge on any atom is -0.492 e. The van der Waals surface area contributed by atoms with Crippen LogP contribution in [0.1, 0.15) is 29.9 Å². The number of nitrogens with one attached hydrogen (secondary N) is 1. The van der Waals surface area contributed by atoms with E-state index in [-0.39, 0.29) is 6.42 Å². The predicted octanol–water partition coefficient (Wildman–Crippen LogP) is 4.05. The van der Waals surface area contributed by atoms with Crippen LogP contribution in [0, 0.1) is 0 Å². The fourth-order valence-electron chi connectivity index (χ4n) is 4.11. The summed E-state index contributed by atoms with van der Waals surface area (Å²) in [5, 5.41) is 10.3. The number of likely N-dealkylation sites (tertiary alicyclic amines) is 1. The number of benzene rings is 2. The number of carboxylic acid groups (broad SMARTS) is 1. The molecule has 4 rings (SSSR count). The molecule has 0 amide bonds. The van der Waals surface area contributed by atoms with Crippen molar-refractivity contribution >= 4 is 16.9 Å². The van der Waals surface area contributed by atoms with Gasteiger partial charge in [0.15, 0.2) is 0 Å². The second kappa shape index (κ2) is 8.48. The van der Waals surface area contributed by atoms with E-state index in [4.69, 9.17) is 9.84 Å². The van der Waals surface area contributed by atoms with Crippen molar-refractivity contribution < 1.29 is 14.6 Å². The first kappa shape index (κ1) is 18.6. The number of rotatable bonds is 7. The molecule has 3 aromatic rings. The maximum atomic E-state index is 10.8. The predicted molar refractivity (Wildman–Crippen MR) is 110 cm³/mol. The Morgan fingerprint density at radius 2 is 1.96 bits per heavy atom. The third-order valence-electron chi connectivity index (χ3n) is 5.58. The largest absolute Gasteiger partial charge is 0.492 e.